The van der Waals surface area contributed by atoms with Crippen LogP contribution in [-0.4, -0.2) is 91.1 Å². The number of piperazine rings is 1. The molecule has 206 valence electrons. The molecule has 1 aliphatic carbocycles. The van der Waals surface area contributed by atoms with E-state index in [4.69, 9.17) is 9.47 Å². The molecule has 0 spiro atoms. The molecule has 5 rings (SSSR count). The van der Waals surface area contributed by atoms with Gasteiger partial charge in [-0.05, 0) is 38.2 Å². The van der Waals surface area contributed by atoms with Crippen molar-refractivity contribution in [3.63, 3.8) is 0 Å². The first-order valence-corrected chi connectivity index (χ1v) is 12.7. The van der Waals surface area contributed by atoms with Gasteiger partial charge in [-0.3, -0.25) is 4.79 Å². The number of methoxy groups -OCH3 is 1. The number of carbonyl (C=O) groups excluding carboxylic acids is 1. The third-order valence-electron chi connectivity index (χ3n) is 8.43. The number of ether oxygens (including phenoxy) is 2. The predicted octanol–water partition coefficient (Wildman–Crippen LogP) is 2.87. The van der Waals surface area contributed by atoms with Crippen molar-refractivity contribution in [3.8, 4) is 0 Å². The topological polar surface area (TPSA) is 79.8 Å². The summed E-state index contributed by atoms with van der Waals surface area (Å²) < 4.78 is 77.9. The number of likely N-dealkylation sites (tertiary alicyclic amines) is 1. The highest BCUT2D eigenvalue weighted by Gasteiger charge is 2.54. The predicted molar refractivity (Wildman–Crippen MR) is 122 cm³/mol. The van der Waals surface area contributed by atoms with Gasteiger partial charge in [0.05, 0.1) is 42.0 Å². The summed E-state index contributed by atoms with van der Waals surface area (Å²) in [4.78, 5) is 17.2. The van der Waals surface area contributed by atoms with E-state index in [1.807, 2.05) is 0 Å². The van der Waals surface area contributed by atoms with Crippen molar-refractivity contribution >= 4 is 11.7 Å². The van der Waals surface area contributed by atoms with E-state index >= 15 is 0 Å². The molecule has 4 aliphatic rings. The summed E-state index contributed by atoms with van der Waals surface area (Å²) in [5.74, 6) is -0.152. The van der Waals surface area contributed by atoms with Crippen molar-refractivity contribution in [2.75, 3.05) is 38.3 Å². The molecule has 2 bridgehead atoms. The van der Waals surface area contributed by atoms with Crippen LogP contribution in [0.3, 0.4) is 0 Å². The molecule has 0 unspecified atom stereocenters. The number of fused-ring (bicyclic) bond motifs is 2. The number of nitrogens with zero attached hydrogens (tertiary/aromatic N) is 4. The van der Waals surface area contributed by atoms with Crippen LogP contribution in [0.4, 0.5) is 27.8 Å². The summed E-state index contributed by atoms with van der Waals surface area (Å²) in [6, 6.07) is 0.431. The number of hydrogen-bond donors (Lipinski definition) is 1. The van der Waals surface area contributed by atoms with Gasteiger partial charge in [0.1, 0.15) is 0 Å². The highest BCUT2D eigenvalue weighted by atomic mass is 19.4. The Morgan fingerprint density at radius 3 is 2.78 bits per heavy atom. The van der Waals surface area contributed by atoms with E-state index in [9.17, 15) is 26.7 Å². The zero-order valence-corrected chi connectivity index (χ0v) is 20.6. The highest BCUT2D eigenvalue weighted by Crippen LogP contribution is 2.47. The number of hydrogen-bond acceptors (Lipinski definition) is 7. The van der Waals surface area contributed by atoms with Gasteiger partial charge in [-0.15, -0.1) is 5.10 Å². The van der Waals surface area contributed by atoms with E-state index in [0.717, 1.165) is 12.5 Å². The number of nitrogens with one attached hydrogen (secondary N) is 1. The molecule has 1 aromatic heterocycles. The normalized spacial score (nSPS) is 34.1. The van der Waals surface area contributed by atoms with Gasteiger partial charge in [0.25, 0.3) is 0 Å². The fourth-order valence-electron chi connectivity index (χ4n) is 6.62. The first kappa shape index (κ1) is 26.5. The Morgan fingerprint density at radius 2 is 2.11 bits per heavy atom. The van der Waals surface area contributed by atoms with E-state index in [1.165, 1.54) is 0 Å². The second kappa shape index (κ2) is 10.2. The number of rotatable bonds is 7. The standard InChI is InChI=1S/C24H32F5N5O3/c1-36-19-13-37-5-3-18(19)31-15-2-4-23(8-15,9-20(25)26)22(35)34-12-16-7-17(34)11-33(16)21-6-14(10-30-32-21)24(27,28)29/h6,10,15-20,31H,2-5,7-9,11-13H2,1H3/t15-,16-,17-,18-,19+,23-/m0/s1. The fraction of sp³-hybridized carbons (Fsp3) is 0.792. The number of aromatic nitrogens is 2. The van der Waals surface area contributed by atoms with Crippen LogP contribution >= 0.6 is 0 Å². The van der Waals surface area contributed by atoms with Crippen LogP contribution in [0.15, 0.2) is 12.3 Å². The Bertz CT molecular complexity index is 984. The van der Waals surface area contributed by atoms with Gasteiger partial charge >= 0.3 is 6.18 Å². The SMILES string of the molecule is CO[C@@H]1COCC[C@@H]1N[C@H]1CC[C@](CC(F)F)(C(=O)N2C[C@@H]3C[C@H]2CN3c2cc(C(F)(F)F)cnn2)C1. The quantitative estimate of drug-likeness (QED) is 0.540. The Morgan fingerprint density at radius 1 is 1.30 bits per heavy atom. The lowest BCUT2D eigenvalue weighted by atomic mass is 9.80. The summed E-state index contributed by atoms with van der Waals surface area (Å²) in [6.07, 6.45) is -4.49. The molecule has 4 heterocycles. The van der Waals surface area contributed by atoms with Gasteiger partial charge in [0, 0.05) is 45.3 Å². The van der Waals surface area contributed by atoms with Gasteiger partial charge < -0.3 is 24.6 Å². The molecule has 6 atom stereocenters. The number of carbonyl (C=O) groups is 1. The number of amides is 1. The van der Waals surface area contributed by atoms with Crippen molar-refractivity contribution in [1.29, 1.82) is 0 Å². The maximum Gasteiger partial charge on any atom is 0.418 e. The van der Waals surface area contributed by atoms with E-state index in [1.54, 1.807) is 16.9 Å². The van der Waals surface area contributed by atoms with Crippen LogP contribution in [0.1, 0.15) is 44.1 Å². The van der Waals surface area contributed by atoms with Gasteiger partial charge in [-0.25, -0.2) is 8.78 Å². The summed E-state index contributed by atoms with van der Waals surface area (Å²) in [7, 11) is 1.62. The smallest absolute Gasteiger partial charge is 0.379 e. The molecule has 0 aromatic carbocycles. The Kier molecular flexibility index (Phi) is 7.31. The van der Waals surface area contributed by atoms with Gasteiger partial charge in [-0.1, -0.05) is 0 Å². The Labute approximate surface area is 211 Å². The summed E-state index contributed by atoms with van der Waals surface area (Å²) in [5, 5.41) is 10.9. The molecule has 1 aromatic rings. The Balaban J connectivity index is 1.27. The second-order valence-corrected chi connectivity index (χ2v) is 10.7. The van der Waals surface area contributed by atoms with Crippen molar-refractivity contribution in [2.24, 2.45) is 5.41 Å². The fourth-order valence-corrected chi connectivity index (χ4v) is 6.62. The van der Waals surface area contributed by atoms with Crippen molar-refractivity contribution < 1.29 is 36.2 Å². The van der Waals surface area contributed by atoms with Crippen molar-refractivity contribution in [2.45, 2.75) is 81.4 Å². The maximum absolute atomic E-state index is 13.8. The van der Waals surface area contributed by atoms with E-state index in [2.05, 4.69) is 15.5 Å². The third kappa shape index (κ3) is 5.26. The lowest BCUT2D eigenvalue weighted by Crippen LogP contribution is -2.54. The molecule has 37 heavy (non-hydrogen) atoms. The zero-order chi connectivity index (χ0) is 26.4. The van der Waals surface area contributed by atoms with Gasteiger partial charge in [0.15, 0.2) is 5.82 Å². The van der Waals surface area contributed by atoms with Crippen LogP contribution in [-0.2, 0) is 20.4 Å². The van der Waals surface area contributed by atoms with E-state index < -0.39 is 30.0 Å². The van der Waals surface area contributed by atoms with E-state index in [-0.39, 0.29) is 48.5 Å². The number of halogens is 5. The molecule has 1 saturated carbocycles. The van der Waals surface area contributed by atoms with Crippen molar-refractivity contribution in [3.05, 3.63) is 17.8 Å². The molecule has 1 amide bonds. The molecule has 4 fully saturated rings. The van der Waals surface area contributed by atoms with Crippen LogP contribution in [0.5, 0.6) is 0 Å². The average Bonchev–Trinajstić information content (AvgIpc) is 3.58. The van der Waals surface area contributed by atoms with Crippen molar-refractivity contribution in [1.82, 2.24) is 20.4 Å². The first-order valence-electron chi connectivity index (χ1n) is 12.7. The minimum atomic E-state index is -4.53. The number of alkyl halides is 5. The summed E-state index contributed by atoms with van der Waals surface area (Å²) in [6.45, 7) is 1.63. The molecule has 3 saturated heterocycles. The molecular weight excluding hydrogens is 501 g/mol. The zero-order valence-electron chi connectivity index (χ0n) is 20.6. The van der Waals surface area contributed by atoms with Gasteiger partial charge in [-0.2, -0.15) is 18.3 Å². The second-order valence-electron chi connectivity index (χ2n) is 10.7. The lowest BCUT2D eigenvalue weighted by Gasteiger charge is -2.40. The monoisotopic (exact) mass is 533 g/mol. The minimum Gasteiger partial charge on any atom is -0.379 e. The largest absolute Gasteiger partial charge is 0.418 e. The average molecular weight is 534 g/mol. The maximum atomic E-state index is 13.8. The van der Waals surface area contributed by atoms with E-state index in [0.29, 0.717) is 51.6 Å². The minimum absolute atomic E-state index is 0.0335. The molecule has 3 aliphatic heterocycles. The Hall–Kier alpha value is -2.12. The van der Waals surface area contributed by atoms with Crippen LogP contribution in [0, 0.1) is 5.41 Å². The summed E-state index contributed by atoms with van der Waals surface area (Å²) >= 11 is 0. The third-order valence-corrected chi connectivity index (χ3v) is 8.43. The van der Waals surface area contributed by atoms with Gasteiger partial charge in [0.2, 0.25) is 12.3 Å². The van der Waals surface area contributed by atoms with Crippen LogP contribution in [0.2, 0.25) is 0 Å². The van der Waals surface area contributed by atoms with Crippen LogP contribution in [0.25, 0.3) is 0 Å². The molecule has 8 nitrogen and oxygen atoms in total. The molecule has 0 radical (unpaired) electrons. The molecule has 13 heteroatoms. The number of anilines is 1. The lowest BCUT2D eigenvalue weighted by molar-refractivity contribution is -0.146. The molecule has 1 N–H and O–H groups in total. The first-order chi connectivity index (χ1) is 17.6. The molecular formula is C24H32F5N5O3. The van der Waals surface area contributed by atoms with Crippen LogP contribution < -0.4 is 10.2 Å². The highest BCUT2D eigenvalue weighted by molar-refractivity contribution is 5.84. The summed E-state index contributed by atoms with van der Waals surface area (Å²) in [5.41, 5.74) is -2.04.